The molecule has 1 atom stereocenters. The molecular formula is C16H26N2O. The molecule has 1 aromatic rings. The second-order valence-corrected chi connectivity index (χ2v) is 5.74. The summed E-state index contributed by atoms with van der Waals surface area (Å²) in [4.78, 5) is 2.43. The zero-order valence-electron chi connectivity index (χ0n) is 12.1. The summed E-state index contributed by atoms with van der Waals surface area (Å²) in [6, 6.07) is 9.31. The van der Waals surface area contributed by atoms with Crippen molar-refractivity contribution in [2.24, 2.45) is 11.7 Å². The minimum absolute atomic E-state index is 0.331. The summed E-state index contributed by atoms with van der Waals surface area (Å²) < 4.78 is 5.41. The van der Waals surface area contributed by atoms with Crippen molar-refractivity contribution in [1.29, 1.82) is 0 Å². The topological polar surface area (TPSA) is 38.5 Å². The number of hydrogen-bond donors (Lipinski definition) is 1. The second-order valence-electron chi connectivity index (χ2n) is 5.74. The lowest BCUT2D eigenvalue weighted by Gasteiger charge is -2.34. The highest BCUT2D eigenvalue weighted by Gasteiger charge is 2.21. The molecular weight excluding hydrogens is 236 g/mol. The highest BCUT2D eigenvalue weighted by molar-refractivity contribution is 5.25. The van der Waals surface area contributed by atoms with Crippen LogP contribution in [0.1, 0.15) is 31.0 Å². The zero-order chi connectivity index (χ0) is 13.7. The number of ether oxygens (including phenoxy) is 1. The van der Waals surface area contributed by atoms with E-state index in [-0.39, 0.29) is 0 Å². The van der Waals surface area contributed by atoms with Crippen molar-refractivity contribution in [2.75, 3.05) is 32.8 Å². The van der Waals surface area contributed by atoms with E-state index in [2.05, 4.69) is 43.0 Å². The van der Waals surface area contributed by atoms with Crippen molar-refractivity contribution in [1.82, 2.24) is 4.90 Å². The molecule has 3 nitrogen and oxygen atoms in total. The van der Waals surface area contributed by atoms with Crippen molar-refractivity contribution < 1.29 is 4.74 Å². The maximum absolute atomic E-state index is 5.97. The molecule has 3 heteroatoms. The number of benzene rings is 1. The summed E-state index contributed by atoms with van der Waals surface area (Å²) in [5.41, 5.74) is 8.72. The van der Waals surface area contributed by atoms with Crippen LogP contribution in [0.2, 0.25) is 0 Å². The summed E-state index contributed by atoms with van der Waals surface area (Å²) in [6.07, 6.45) is 1.14. The fourth-order valence-electron chi connectivity index (χ4n) is 2.73. The van der Waals surface area contributed by atoms with E-state index in [1.807, 2.05) is 0 Å². The molecule has 1 unspecified atom stereocenters. The maximum atomic E-state index is 5.97. The van der Waals surface area contributed by atoms with Crippen LogP contribution in [-0.4, -0.2) is 37.7 Å². The maximum Gasteiger partial charge on any atom is 0.0594 e. The Morgan fingerprint density at radius 1 is 1.16 bits per heavy atom. The molecule has 0 spiro atoms. The van der Waals surface area contributed by atoms with E-state index in [1.54, 1.807) is 0 Å². The molecule has 1 heterocycles. The normalized spacial score (nSPS) is 18.7. The van der Waals surface area contributed by atoms with E-state index in [0.717, 1.165) is 32.7 Å². The van der Waals surface area contributed by atoms with Gasteiger partial charge in [-0.15, -0.1) is 0 Å². The monoisotopic (exact) mass is 262 g/mol. The molecule has 2 rings (SSSR count). The van der Waals surface area contributed by atoms with Crippen LogP contribution in [0, 0.1) is 5.92 Å². The van der Waals surface area contributed by atoms with E-state index in [4.69, 9.17) is 10.5 Å². The first-order valence-electron chi connectivity index (χ1n) is 7.31. The first-order valence-corrected chi connectivity index (χ1v) is 7.31. The third-order valence-corrected chi connectivity index (χ3v) is 3.72. The van der Waals surface area contributed by atoms with Gasteiger partial charge in [0.25, 0.3) is 0 Å². The average molecular weight is 262 g/mol. The summed E-state index contributed by atoms with van der Waals surface area (Å²) in [7, 11) is 0. The molecule has 1 fully saturated rings. The first-order chi connectivity index (χ1) is 9.20. The molecule has 106 valence electrons. The van der Waals surface area contributed by atoms with Crippen LogP contribution >= 0.6 is 0 Å². The van der Waals surface area contributed by atoms with Crippen LogP contribution in [0.3, 0.4) is 0 Å². The molecule has 0 amide bonds. The summed E-state index contributed by atoms with van der Waals surface area (Å²) in [5, 5.41) is 0. The van der Waals surface area contributed by atoms with Gasteiger partial charge in [-0.2, -0.15) is 0 Å². The van der Waals surface area contributed by atoms with Crippen LogP contribution in [0.4, 0.5) is 0 Å². The highest BCUT2D eigenvalue weighted by Crippen LogP contribution is 2.21. The second kappa shape index (κ2) is 7.04. The van der Waals surface area contributed by atoms with E-state index in [9.17, 15) is 0 Å². The van der Waals surface area contributed by atoms with Gasteiger partial charge in [0.05, 0.1) is 13.2 Å². The van der Waals surface area contributed by atoms with Crippen molar-refractivity contribution in [3.8, 4) is 0 Å². The minimum atomic E-state index is 0.331. The van der Waals surface area contributed by atoms with Gasteiger partial charge < -0.3 is 10.5 Å². The molecule has 1 saturated heterocycles. The van der Waals surface area contributed by atoms with E-state index in [0.29, 0.717) is 18.5 Å². The van der Waals surface area contributed by atoms with Crippen molar-refractivity contribution in [3.05, 3.63) is 35.4 Å². The largest absolute Gasteiger partial charge is 0.379 e. The molecule has 0 radical (unpaired) electrons. The van der Waals surface area contributed by atoms with Crippen molar-refractivity contribution >= 4 is 0 Å². The third-order valence-electron chi connectivity index (χ3n) is 3.72. The zero-order valence-corrected chi connectivity index (χ0v) is 12.1. The Bertz CT molecular complexity index is 369. The number of rotatable bonds is 5. The standard InChI is InChI=1S/C16H26N2O/c1-13(2)11-14-3-5-15(6-4-14)16(12-17)18-7-9-19-10-8-18/h3-6,13,16H,7-12,17H2,1-2H3. The Morgan fingerprint density at radius 3 is 2.32 bits per heavy atom. The van der Waals surface area contributed by atoms with E-state index in [1.165, 1.54) is 11.1 Å². The average Bonchev–Trinajstić information content (AvgIpc) is 2.42. The van der Waals surface area contributed by atoms with Crippen molar-refractivity contribution in [3.63, 3.8) is 0 Å². The lowest BCUT2D eigenvalue weighted by Crippen LogP contribution is -2.41. The molecule has 1 aromatic carbocycles. The fourth-order valence-corrected chi connectivity index (χ4v) is 2.73. The Hall–Kier alpha value is -0.900. The number of hydrogen-bond acceptors (Lipinski definition) is 3. The Labute approximate surface area is 116 Å². The molecule has 0 saturated carbocycles. The summed E-state index contributed by atoms with van der Waals surface area (Å²) in [6.45, 7) is 8.78. The van der Waals surface area contributed by atoms with Gasteiger partial charge in [-0.05, 0) is 23.5 Å². The molecule has 0 bridgehead atoms. The van der Waals surface area contributed by atoms with Crippen LogP contribution in [-0.2, 0) is 11.2 Å². The summed E-state index contributed by atoms with van der Waals surface area (Å²) >= 11 is 0. The number of morpholine rings is 1. The summed E-state index contributed by atoms with van der Waals surface area (Å²) in [5.74, 6) is 0.704. The minimum Gasteiger partial charge on any atom is -0.379 e. The molecule has 1 aliphatic rings. The molecule has 0 aromatic heterocycles. The predicted molar refractivity (Wildman–Crippen MR) is 79.2 cm³/mol. The Kier molecular flexibility index (Phi) is 5.37. The van der Waals surface area contributed by atoms with Gasteiger partial charge in [0.1, 0.15) is 0 Å². The van der Waals surface area contributed by atoms with E-state index < -0.39 is 0 Å². The van der Waals surface area contributed by atoms with Crippen LogP contribution in [0.5, 0.6) is 0 Å². The lowest BCUT2D eigenvalue weighted by atomic mass is 9.98. The van der Waals surface area contributed by atoms with Gasteiger partial charge in [-0.1, -0.05) is 38.1 Å². The van der Waals surface area contributed by atoms with Crippen LogP contribution in [0.15, 0.2) is 24.3 Å². The smallest absolute Gasteiger partial charge is 0.0594 e. The van der Waals surface area contributed by atoms with Gasteiger partial charge in [-0.3, -0.25) is 4.90 Å². The van der Waals surface area contributed by atoms with Gasteiger partial charge in [0.2, 0.25) is 0 Å². The Morgan fingerprint density at radius 2 is 1.79 bits per heavy atom. The SMILES string of the molecule is CC(C)Cc1ccc(C(CN)N2CCOCC2)cc1. The van der Waals surface area contributed by atoms with Gasteiger partial charge in [0.15, 0.2) is 0 Å². The van der Waals surface area contributed by atoms with Crippen molar-refractivity contribution in [2.45, 2.75) is 26.3 Å². The van der Waals surface area contributed by atoms with Gasteiger partial charge >= 0.3 is 0 Å². The number of nitrogens with two attached hydrogens (primary N) is 1. The first kappa shape index (κ1) is 14.5. The van der Waals surface area contributed by atoms with Crippen LogP contribution < -0.4 is 5.73 Å². The number of nitrogens with zero attached hydrogens (tertiary/aromatic N) is 1. The molecule has 1 aliphatic heterocycles. The molecule has 0 aliphatic carbocycles. The van der Waals surface area contributed by atoms with Gasteiger partial charge in [0, 0.05) is 25.7 Å². The fraction of sp³-hybridized carbons (Fsp3) is 0.625. The van der Waals surface area contributed by atoms with E-state index >= 15 is 0 Å². The quantitative estimate of drug-likeness (QED) is 0.884. The molecule has 2 N–H and O–H groups in total. The van der Waals surface area contributed by atoms with Gasteiger partial charge in [-0.25, -0.2) is 0 Å². The predicted octanol–water partition coefficient (Wildman–Crippen LogP) is 2.22. The Balaban J connectivity index is 2.05. The highest BCUT2D eigenvalue weighted by atomic mass is 16.5. The lowest BCUT2D eigenvalue weighted by molar-refractivity contribution is 0.0179. The van der Waals surface area contributed by atoms with Crippen LogP contribution in [0.25, 0.3) is 0 Å². The molecule has 19 heavy (non-hydrogen) atoms. The third kappa shape index (κ3) is 4.03.